The number of aromatic nitrogens is 1. The monoisotopic (exact) mass is 273 g/mol. The van der Waals surface area contributed by atoms with E-state index in [1.54, 1.807) is 4.57 Å². The molecule has 20 heavy (non-hydrogen) atoms. The number of aryl methyl sites for hydroxylation is 2. The predicted molar refractivity (Wildman–Crippen MR) is 73.9 cm³/mol. The molecule has 0 spiro atoms. The molecule has 104 valence electrons. The first-order valence-electron chi connectivity index (χ1n) is 5.99. The molecule has 6 heteroatoms. The topological polar surface area (TPSA) is 97.4 Å². The fourth-order valence-electron chi connectivity index (χ4n) is 2.17. The fraction of sp³-hybridized carbons (Fsp3) is 0.143. The Labute approximate surface area is 115 Å². The highest BCUT2D eigenvalue weighted by atomic mass is 16.4. The highest BCUT2D eigenvalue weighted by molar-refractivity contribution is 5.98. The number of benzene rings is 1. The van der Waals surface area contributed by atoms with Gasteiger partial charge < -0.3 is 9.67 Å². The smallest absolute Gasteiger partial charge is 0.337 e. The molecule has 0 aliphatic rings. The summed E-state index contributed by atoms with van der Waals surface area (Å²) in [6.07, 6.45) is 0. The Morgan fingerprint density at radius 3 is 2.25 bits per heavy atom. The molecule has 0 saturated carbocycles. The molecular formula is C14H15N3O3. The largest absolute Gasteiger partial charge is 0.478 e. The van der Waals surface area contributed by atoms with Gasteiger partial charge in [-0.2, -0.15) is 0 Å². The van der Waals surface area contributed by atoms with E-state index in [0.717, 1.165) is 11.4 Å². The second-order valence-corrected chi connectivity index (χ2v) is 4.46. The second-order valence-electron chi connectivity index (χ2n) is 4.46. The van der Waals surface area contributed by atoms with Crippen molar-refractivity contribution in [3.63, 3.8) is 0 Å². The lowest BCUT2D eigenvalue weighted by Crippen LogP contribution is -2.30. The Kier molecular flexibility index (Phi) is 3.58. The molecule has 0 unspecified atom stereocenters. The number of amides is 1. The van der Waals surface area contributed by atoms with Gasteiger partial charge in [0.2, 0.25) is 0 Å². The van der Waals surface area contributed by atoms with Gasteiger partial charge >= 0.3 is 5.97 Å². The molecule has 0 aliphatic carbocycles. The van der Waals surface area contributed by atoms with Crippen LogP contribution in [0.15, 0.2) is 30.3 Å². The summed E-state index contributed by atoms with van der Waals surface area (Å²) in [5, 5.41) is 9.29. The van der Waals surface area contributed by atoms with E-state index < -0.39 is 11.9 Å². The Bertz CT molecular complexity index is 669. The molecule has 4 N–H and O–H groups in total. The molecule has 0 fully saturated rings. The number of nitrogens with one attached hydrogen (secondary N) is 1. The van der Waals surface area contributed by atoms with Crippen LogP contribution < -0.4 is 11.3 Å². The van der Waals surface area contributed by atoms with E-state index in [9.17, 15) is 14.7 Å². The average Bonchev–Trinajstić information content (AvgIpc) is 2.76. The van der Waals surface area contributed by atoms with Crippen LogP contribution in [0.25, 0.3) is 5.69 Å². The van der Waals surface area contributed by atoms with E-state index in [0.29, 0.717) is 11.3 Å². The van der Waals surface area contributed by atoms with Gasteiger partial charge in [-0.1, -0.05) is 0 Å². The summed E-state index contributed by atoms with van der Waals surface area (Å²) in [5.74, 6) is 3.59. The standard InChI is InChI=1S/C14H15N3O3/c1-8-3-4-9(2)17(8)12-7-10(13(18)16-15)5-6-11(12)14(19)20/h3-7H,15H2,1-2H3,(H,16,18)(H,19,20). The third-order valence-corrected chi connectivity index (χ3v) is 3.13. The summed E-state index contributed by atoms with van der Waals surface area (Å²) in [7, 11) is 0. The first-order valence-corrected chi connectivity index (χ1v) is 5.99. The Morgan fingerprint density at radius 2 is 1.75 bits per heavy atom. The molecule has 0 saturated heterocycles. The molecule has 1 heterocycles. The van der Waals surface area contributed by atoms with E-state index in [-0.39, 0.29) is 5.56 Å². The van der Waals surface area contributed by atoms with Gasteiger partial charge in [0.15, 0.2) is 0 Å². The molecular weight excluding hydrogens is 258 g/mol. The fourth-order valence-corrected chi connectivity index (χ4v) is 2.17. The molecule has 2 aromatic rings. The van der Waals surface area contributed by atoms with Crippen LogP contribution in [0.1, 0.15) is 32.1 Å². The number of carboxylic acids is 1. The van der Waals surface area contributed by atoms with E-state index in [4.69, 9.17) is 5.84 Å². The third-order valence-electron chi connectivity index (χ3n) is 3.13. The van der Waals surface area contributed by atoms with Crippen LogP contribution in [-0.2, 0) is 0 Å². The van der Waals surface area contributed by atoms with Crippen LogP contribution in [-0.4, -0.2) is 21.6 Å². The minimum Gasteiger partial charge on any atom is -0.478 e. The number of hydrogen-bond acceptors (Lipinski definition) is 3. The molecule has 6 nitrogen and oxygen atoms in total. The van der Waals surface area contributed by atoms with Gasteiger partial charge in [-0.3, -0.25) is 10.2 Å². The number of nitrogens with two attached hydrogens (primary N) is 1. The van der Waals surface area contributed by atoms with Crippen LogP contribution in [0.2, 0.25) is 0 Å². The summed E-state index contributed by atoms with van der Waals surface area (Å²) >= 11 is 0. The van der Waals surface area contributed by atoms with Gasteiger partial charge in [0, 0.05) is 17.0 Å². The summed E-state index contributed by atoms with van der Waals surface area (Å²) in [4.78, 5) is 22.9. The summed E-state index contributed by atoms with van der Waals surface area (Å²) < 4.78 is 1.79. The van der Waals surface area contributed by atoms with Gasteiger partial charge in [0.1, 0.15) is 0 Å². The number of carbonyl (C=O) groups is 2. The maximum absolute atomic E-state index is 11.6. The van der Waals surface area contributed by atoms with Crippen LogP contribution in [0.4, 0.5) is 0 Å². The average molecular weight is 273 g/mol. The van der Waals surface area contributed by atoms with E-state index in [1.165, 1.54) is 18.2 Å². The van der Waals surface area contributed by atoms with E-state index in [1.807, 2.05) is 31.4 Å². The van der Waals surface area contributed by atoms with Crippen LogP contribution in [0.5, 0.6) is 0 Å². The van der Waals surface area contributed by atoms with Crippen LogP contribution in [0.3, 0.4) is 0 Å². The Balaban J connectivity index is 2.71. The van der Waals surface area contributed by atoms with Crippen molar-refractivity contribution in [3.05, 3.63) is 52.8 Å². The van der Waals surface area contributed by atoms with Crippen molar-refractivity contribution in [2.75, 3.05) is 0 Å². The lowest BCUT2D eigenvalue weighted by molar-refractivity contribution is 0.0696. The molecule has 0 atom stereocenters. The maximum atomic E-state index is 11.6. The van der Waals surface area contributed by atoms with Gasteiger partial charge in [0.25, 0.3) is 5.91 Å². The molecule has 0 radical (unpaired) electrons. The predicted octanol–water partition coefficient (Wildman–Crippen LogP) is 1.40. The first-order chi connectivity index (χ1) is 9.45. The number of carboxylic acid groups (broad SMARTS) is 1. The highest BCUT2D eigenvalue weighted by Crippen LogP contribution is 2.22. The minimum absolute atomic E-state index is 0.126. The van der Waals surface area contributed by atoms with Crippen molar-refractivity contribution >= 4 is 11.9 Å². The minimum atomic E-state index is -1.05. The van der Waals surface area contributed by atoms with Gasteiger partial charge in [-0.25, -0.2) is 10.6 Å². The van der Waals surface area contributed by atoms with Crippen molar-refractivity contribution in [3.8, 4) is 5.69 Å². The van der Waals surface area contributed by atoms with E-state index >= 15 is 0 Å². The normalized spacial score (nSPS) is 10.3. The number of hydrogen-bond donors (Lipinski definition) is 3. The number of carbonyl (C=O) groups excluding carboxylic acids is 1. The van der Waals surface area contributed by atoms with Crippen molar-refractivity contribution < 1.29 is 14.7 Å². The molecule has 1 amide bonds. The van der Waals surface area contributed by atoms with Crippen molar-refractivity contribution in [2.45, 2.75) is 13.8 Å². The molecule has 0 bridgehead atoms. The number of nitrogen functional groups attached to an aromatic ring is 1. The first kappa shape index (κ1) is 13.8. The zero-order chi connectivity index (χ0) is 14.9. The number of aromatic carboxylic acids is 1. The number of rotatable bonds is 3. The molecule has 1 aromatic heterocycles. The molecule has 0 aliphatic heterocycles. The summed E-state index contributed by atoms with van der Waals surface area (Å²) in [5.41, 5.74) is 4.68. The highest BCUT2D eigenvalue weighted by Gasteiger charge is 2.16. The Hall–Kier alpha value is -2.60. The third kappa shape index (κ3) is 2.28. The van der Waals surface area contributed by atoms with Gasteiger partial charge in [-0.05, 0) is 44.2 Å². The lowest BCUT2D eigenvalue weighted by atomic mass is 10.1. The molecule has 1 aromatic carbocycles. The lowest BCUT2D eigenvalue weighted by Gasteiger charge is -2.14. The SMILES string of the molecule is Cc1ccc(C)n1-c1cc(C(=O)NN)ccc1C(=O)O. The van der Waals surface area contributed by atoms with Crippen molar-refractivity contribution in [1.82, 2.24) is 9.99 Å². The van der Waals surface area contributed by atoms with Crippen molar-refractivity contribution in [2.24, 2.45) is 5.84 Å². The van der Waals surface area contributed by atoms with E-state index in [2.05, 4.69) is 0 Å². The van der Waals surface area contributed by atoms with Crippen LogP contribution >= 0.6 is 0 Å². The summed E-state index contributed by atoms with van der Waals surface area (Å²) in [6, 6.07) is 8.13. The summed E-state index contributed by atoms with van der Waals surface area (Å²) in [6.45, 7) is 3.74. The number of nitrogens with zero attached hydrogens (tertiary/aromatic N) is 1. The van der Waals surface area contributed by atoms with Gasteiger partial charge in [0.05, 0.1) is 11.3 Å². The second kappa shape index (κ2) is 5.18. The van der Waals surface area contributed by atoms with Crippen molar-refractivity contribution in [1.29, 1.82) is 0 Å². The Morgan fingerprint density at radius 1 is 1.15 bits per heavy atom. The zero-order valence-corrected chi connectivity index (χ0v) is 11.2. The number of hydrazine groups is 1. The van der Waals surface area contributed by atoms with Crippen LogP contribution in [0, 0.1) is 13.8 Å². The maximum Gasteiger partial charge on any atom is 0.337 e. The molecule has 2 rings (SSSR count). The quantitative estimate of drug-likeness (QED) is 0.447. The van der Waals surface area contributed by atoms with Gasteiger partial charge in [-0.15, -0.1) is 0 Å². The zero-order valence-electron chi connectivity index (χ0n) is 11.2.